The van der Waals surface area contributed by atoms with E-state index in [2.05, 4.69) is 10.2 Å². The second-order valence-corrected chi connectivity index (χ2v) is 8.46. The van der Waals surface area contributed by atoms with E-state index < -0.39 is 10.0 Å². The number of benzene rings is 1. The normalized spacial score (nSPS) is 15.2. The van der Waals surface area contributed by atoms with E-state index >= 15 is 0 Å². The Morgan fingerprint density at radius 1 is 1.19 bits per heavy atom. The van der Waals surface area contributed by atoms with Crippen molar-refractivity contribution in [2.45, 2.75) is 44.9 Å². The number of carbonyl (C=O) groups is 1. The van der Waals surface area contributed by atoms with Crippen molar-refractivity contribution < 1.29 is 17.9 Å². The predicted octanol–water partition coefficient (Wildman–Crippen LogP) is 2.68. The first-order valence-electron chi connectivity index (χ1n) is 9.70. The zero-order chi connectivity index (χ0) is 19.9. The Balaban J connectivity index is 2.38. The molecule has 0 aromatic heterocycles. The monoisotopic (exact) mass is 397 g/mol. The molecule has 1 N–H and O–H groups in total. The van der Waals surface area contributed by atoms with Crippen LogP contribution in [0.1, 0.15) is 40.0 Å². The largest absolute Gasteiger partial charge is 0.378 e. The minimum atomic E-state index is -3.59. The van der Waals surface area contributed by atoms with Crippen molar-refractivity contribution in [2.24, 2.45) is 0 Å². The summed E-state index contributed by atoms with van der Waals surface area (Å²) in [5, 5.41) is 2.93. The average Bonchev–Trinajstić information content (AvgIpc) is 2.67. The van der Waals surface area contributed by atoms with Gasteiger partial charge in [0.25, 0.3) is 0 Å². The number of anilines is 2. The molecule has 1 aromatic carbocycles. The fourth-order valence-electron chi connectivity index (χ4n) is 3.12. The van der Waals surface area contributed by atoms with Crippen molar-refractivity contribution in [3.05, 3.63) is 18.2 Å². The van der Waals surface area contributed by atoms with Gasteiger partial charge in [0, 0.05) is 32.6 Å². The maximum absolute atomic E-state index is 12.9. The number of ether oxygens (including phenoxy) is 1. The molecule has 152 valence electrons. The lowest BCUT2D eigenvalue weighted by atomic mass is 10.2. The van der Waals surface area contributed by atoms with E-state index in [1.54, 1.807) is 18.2 Å². The van der Waals surface area contributed by atoms with E-state index in [1.807, 2.05) is 20.8 Å². The lowest BCUT2D eigenvalue weighted by molar-refractivity contribution is -0.116. The lowest BCUT2D eigenvalue weighted by Gasteiger charge is -2.31. The maximum Gasteiger partial charge on any atom is 0.243 e. The molecular formula is C19H31N3O4S. The third kappa shape index (κ3) is 5.43. The van der Waals surface area contributed by atoms with Crippen LogP contribution in [0.4, 0.5) is 11.4 Å². The number of amides is 1. The molecule has 0 radical (unpaired) electrons. The Labute approximate surface area is 162 Å². The van der Waals surface area contributed by atoms with Gasteiger partial charge in [-0.25, -0.2) is 8.42 Å². The van der Waals surface area contributed by atoms with Crippen molar-refractivity contribution in [3.63, 3.8) is 0 Å². The van der Waals surface area contributed by atoms with Gasteiger partial charge >= 0.3 is 0 Å². The van der Waals surface area contributed by atoms with Crippen LogP contribution in [-0.4, -0.2) is 58.0 Å². The summed E-state index contributed by atoms with van der Waals surface area (Å²) in [6, 6.07) is 5.00. The molecule has 0 aliphatic carbocycles. The number of nitrogens with zero attached hydrogens (tertiary/aromatic N) is 2. The zero-order valence-corrected chi connectivity index (χ0v) is 17.3. The minimum Gasteiger partial charge on any atom is -0.378 e. The van der Waals surface area contributed by atoms with E-state index in [9.17, 15) is 13.2 Å². The van der Waals surface area contributed by atoms with Gasteiger partial charge in [0.1, 0.15) is 0 Å². The number of carbonyl (C=O) groups excluding carboxylic acids is 1. The summed E-state index contributed by atoms with van der Waals surface area (Å²) in [6.07, 6.45) is 2.16. The Hall–Kier alpha value is -1.64. The van der Waals surface area contributed by atoms with Crippen LogP contribution in [0.25, 0.3) is 0 Å². The average molecular weight is 398 g/mol. The van der Waals surface area contributed by atoms with Crippen molar-refractivity contribution in [1.29, 1.82) is 0 Å². The molecular weight excluding hydrogens is 366 g/mol. The highest BCUT2D eigenvalue weighted by Gasteiger charge is 2.24. The first kappa shape index (κ1) is 21.7. The van der Waals surface area contributed by atoms with E-state index in [1.165, 1.54) is 4.31 Å². The number of sulfonamides is 1. The van der Waals surface area contributed by atoms with Gasteiger partial charge in [0.2, 0.25) is 15.9 Å². The quantitative estimate of drug-likeness (QED) is 0.693. The molecule has 0 unspecified atom stereocenters. The summed E-state index contributed by atoms with van der Waals surface area (Å²) in [5.41, 5.74) is 1.38. The second kappa shape index (κ2) is 10.1. The molecule has 0 bridgehead atoms. The van der Waals surface area contributed by atoms with Gasteiger partial charge in [0.15, 0.2) is 0 Å². The summed E-state index contributed by atoms with van der Waals surface area (Å²) in [5.74, 6) is -0.0938. The van der Waals surface area contributed by atoms with Crippen LogP contribution in [-0.2, 0) is 19.6 Å². The molecule has 0 saturated carbocycles. The number of nitrogens with one attached hydrogen (secondary N) is 1. The van der Waals surface area contributed by atoms with Crippen LogP contribution in [0.15, 0.2) is 23.1 Å². The van der Waals surface area contributed by atoms with E-state index in [0.29, 0.717) is 51.5 Å². The molecule has 27 heavy (non-hydrogen) atoms. The molecule has 7 nitrogen and oxygen atoms in total. The number of hydrogen-bond acceptors (Lipinski definition) is 5. The first-order chi connectivity index (χ1) is 12.9. The number of unbranched alkanes of at least 4 members (excludes halogenated alkanes) is 1. The summed E-state index contributed by atoms with van der Waals surface area (Å²) >= 11 is 0. The van der Waals surface area contributed by atoms with Crippen molar-refractivity contribution in [2.75, 3.05) is 49.6 Å². The third-order valence-corrected chi connectivity index (χ3v) is 6.74. The summed E-state index contributed by atoms with van der Waals surface area (Å²) < 4.78 is 32.6. The Bertz CT molecular complexity index is 726. The number of hydrogen-bond donors (Lipinski definition) is 1. The van der Waals surface area contributed by atoms with Crippen molar-refractivity contribution >= 4 is 27.3 Å². The highest BCUT2D eigenvalue weighted by atomic mass is 32.2. The second-order valence-electron chi connectivity index (χ2n) is 6.52. The smallest absolute Gasteiger partial charge is 0.243 e. The molecule has 1 aliphatic heterocycles. The van der Waals surface area contributed by atoms with E-state index in [4.69, 9.17) is 4.74 Å². The van der Waals surface area contributed by atoms with Crippen LogP contribution in [0.2, 0.25) is 0 Å². The molecule has 1 saturated heterocycles. The maximum atomic E-state index is 12.9. The van der Waals surface area contributed by atoms with Gasteiger partial charge in [-0.3, -0.25) is 4.79 Å². The summed E-state index contributed by atoms with van der Waals surface area (Å²) in [7, 11) is -3.59. The van der Waals surface area contributed by atoms with Crippen LogP contribution in [0, 0.1) is 0 Å². The molecule has 8 heteroatoms. The Kier molecular flexibility index (Phi) is 8.07. The van der Waals surface area contributed by atoms with Gasteiger partial charge in [0.05, 0.1) is 29.5 Å². The lowest BCUT2D eigenvalue weighted by Crippen LogP contribution is -2.37. The topological polar surface area (TPSA) is 79.0 Å². The molecule has 1 fully saturated rings. The molecule has 1 amide bonds. The Morgan fingerprint density at radius 2 is 1.85 bits per heavy atom. The van der Waals surface area contributed by atoms with Crippen LogP contribution in [0.3, 0.4) is 0 Å². The van der Waals surface area contributed by atoms with Gasteiger partial charge in [-0.2, -0.15) is 4.31 Å². The molecule has 0 spiro atoms. The van der Waals surface area contributed by atoms with E-state index in [-0.39, 0.29) is 10.8 Å². The highest BCUT2D eigenvalue weighted by Crippen LogP contribution is 2.31. The van der Waals surface area contributed by atoms with Gasteiger partial charge in [-0.05, 0) is 24.6 Å². The van der Waals surface area contributed by atoms with E-state index in [0.717, 1.165) is 18.5 Å². The van der Waals surface area contributed by atoms with Gasteiger partial charge in [-0.15, -0.1) is 0 Å². The fourth-order valence-corrected chi connectivity index (χ4v) is 4.60. The van der Waals surface area contributed by atoms with Gasteiger partial charge in [-0.1, -0.05) is 27.2 Å². The predicted molar refractivity (Wildman–Crippen MR) is 108 cm³/mol. The van der Waals surface area contributed by atoms with Crippen LogP contribution in [0.5, 0.6) is 0 Å². The number of morpholine rings is 1. The molecule has 2 rings (SSSR count). The molecule has 1 heterocycles. The van der Waals surface area contributed by atoms with Gasteiger partial charge < -0.3 is 15.0 Å². The molecule has 1 aliphatic rings. The third-order valence-electron chi connectivity index (χ3n) is 4.69. The summed E-state index contributed by atoms with van der Waals surface area (Å²) in [6.45, 7) is 9.12. The standard InChI is InChI=1S/C19H31N3O4S/c1-4-7-8-19(23)20-17-15-16(27(24,25)22(5-2)6-3)9-10-18(17)21-11-13-26-14-12-21/h9-10,15H,4-8,11-14H2,1-3H3,(H,20,23). The van der Waals surface area contributed by atoms with Crippen molar-refractivity contribution in [3.8, 4) is 0 Å². The van der Waals surface area contributed by atoms with Crippen molar-refractivity contribution in [1.82, 2.24) is 4.31 Å². The van der Waals surface area contributed by atoms with Crippen LogP contribution >= 0.6 is 0 Å². The molecule has 0 atom stereocenters. The first-order valence-corrected chi connectivity index (χ1v) is 11.1. The number of rotatable bonds is 9. The highest BCUT2D eigenvalue weighted by molar-refractivity contribution is 7.89. The molecule has 1 aromatic rings. The summed E-state index contributed by atoms with van der Waals surface area (Å²) in [4.78, 5) is 14.6. The zero-order valence-electron chi connectivity index (χ0n) is 16.5. The fraction of sp³-hybridized carbons (Fsp3) is 0.632. The SMILES string of the molecule is CCCCC(=O)Nc1cc(S(=O)(=O)N(CC)CC)ccc1N1CCOCC1. The minimum absolute atomic E-state index is 0.0938. The Morgan fingerprint density at radius 3 is 2.44 bits per heavy atom. The van der Waals surface area contributed by atoms with Crippen LogP contribution < -0.4 is 10.2 Å².